The average molecular weight is 294 g/mol. The van der Waals surface area contributed by atoms with Gasteiger partial charge in [-0.3, -0.25) is 4.79 Å². The highest BCUT2D eigenvalue weighted by Crippen LogP contribution is 2.33. The number of hydrogen-bond acceptors (Lipinski definition) is 3. The van der Waals surface area contributed by atoms with Crippen LogP contribution in [0.1, 0.15) is 10.4 Å². The first-order chi connectivity index (χ1) is 7.10. The van der Waals surface area contributed by atoms with Gasteiger partial charge in [0, 0.05) is 10.6 Å². The molecular weight excluding hydrogens is 283 g/mol. The molecule has 3 nitrogen and oxygen atoms in total. The van der Waals surface area contributed by atoms with E-state index in [-0.39, 0.29) is 0 Å². The Morgan fingerprint density at radius 1 is 1.47 bits per heavy atom. The zero-order chi connectivity index (χ0) is 11.4. The van der Waals surface area contributed by atoms with Gasteiger partial charge in [-0.15, -0.1) is 0 Å². The van der Waals surface area contributed by atoms with Crippen LogP contribution in [0.5, 0.6) is 5.75 Å². The lowest BCUT2D eigenvalue weighted by Gasteiger charge is -2.12. The summed E-state index contributed by atoms with van der Waals surface area (Å²) in [4.78, 5) is 10.8. The highest BCUT2D eigenvalue weighted by Gasteiger charge is 2.21. The maximum Gasteiger partial charge on any atom is 0.324 e. The minimum atomic E-state index is -0.573. The molecule has 0 aliphatic heterocycles. The molecule has 1 rings (SSSR count). The minimum Gasteiger partial charge on any atom is -0.496 e. The maximum absolute atomic E-state index is 11.3. The van der Waals surface area contributed by atoms with E-state index >= 15 is 0 Å². The van der Waals surface area contributed by atoms with E-state index in [1.807, 2.05) is 0 Å². The first-order valence-electron chi connectivity index (χ1n) is 4.15. The molecule has 0 spiro atoms. The number of carbonyl (C=O) groups is 1. The lowest BCUT2D eigenvalue weighted by atomic mass is 10.1. The molecule has 0 aromatic heterocycles. The second kappa shape index (κ2) is 5.37. The van der Waals surface area contributed by atoms with Crippen LogP contribution in [-0.2, 0) is 9.53 Å². The van der Waals surface area contributed by atoms with Crippen LogP contribution in [0.25, 0.3) is 0 Å². The predicted molar refractivity (Wildman–Crippen MR) is 61.7 cm³/mol. The van der Waals surface area contributed by atoms with E-state index < -0.39 is 10.8 Å². The quantitative estimate of drug-likeness (QED) is 0.635. The Kier molecular flexibility index (Phi) is 4.42. The van der Waals surface area contributed by atoms with Gasteiger partial charge in [-0.1, -0.05) is 27.5 Å². The van der Waals surface area contributed by atoms with Gasteiger partial charge in [-0.25, -0.2) is 0 Å². The van der Waals surface area contributed by atoms with Crippen LogP contribution >= 0.6 is 27.5 Å². The van der Waals surface area contributed by atoms with Gasteiger partial charge in [-0.05, 0) is 18.2 Å². The smallest absolute Gasteiger partial charge is 0.324 e. The van der Waals surface area contributed by atoms with Crippen molar-refractivity contribution in [2.75, 3.05) is 14.2 Å². The third-order valence-corrected chi connectivity index (χ3v) is 2.98. The van der Waals surface area contributed by atoms with Gasteiger partial charge < -0.3 is 9.47 Å². The minimum absolute atomic E-state index is 0.393. The second-order valence-corrected chi connectivity index (χ2v) is 4.12. The Balaban J connectivity index is 3.10. The van der Waals surface area contributed by atoms with Crippen LogP contribution < -0.4 is 4.74 Å². The molecule has 1 aromatic rings. The number of esters is 1. The summed E-state index contributed by atoms with van der Waals surface area (Å²) in [6.45, 7) is 0. The predicted octanol–water partition coefficient (Wildman–Crippen LogP) is 2.96. The Morgan fingerprint density at radius 2 is 2.13 bits per heavy atom. The summed E-state index contributed by atoms with van der Waals surface area (Å²) in [7, 11) is 2.86. The fourth-order valence-electron chi connectivity index (χ4n) is 1.13. The number of rotatable bonds is 3. The van der Waals surface area contributed by atoms with Crippen molar-refractivity contribution < 1.29 is 14.3 Å². The van der Waals surface area contributed by atoms with E-state index in [4.69, 9.17) is 16.3 Å². The molecule has 82 valence electrons. The van der Waals surface area contributed by atoms with E-state index in [0.717, 1.165) is 0 Å². The molecule has 0 aliphatic carbocycles. The zero-order valence-corrected chi connectivity index (χ0v) is 10.6. The first-order valence-corrected chi connectivity index (χ1v) is 5.45. The molecule has 0 saturated carbocycles. The SMILES string of the molecule is COC(=O)C(Br)c1cc(Cl)ccc1OC. The number of ether oxygens (including phenoxy) is 2. The fraction of sp³-hybridized carbons (Fsp3) is 0.300. The van der Waals surface area contributed by atoms with E-state index in [1.165, 1.54) is 14.2 Å². The zero-order valence-electron chi connectivity index (χ0n) is 8.29. The summed E-state index contributed by atoms with van der Waals surface area (Å²) < 4.78 is 9.74. The van der Waals surface area contributed by atoms with Gasteiger partial charge in [0.15, 0.2) is 0 Å². The van der Waals surface area contributed by atoms with Crippen LogP contribution in [0, 0.1) is 0 Å². The van der Waals surface area contributed by atoms with Crippen LogP contribution in [0.3, 0.4) is 0 Å². The van der Waals surface area contributed by atoms with Gasteiger partial charge >= 0.3 is 5.97 Å². The topological polar surface area (TPSA) is 35.5 Å². The molecule has 0 radical (unpaired) electrons. The molecular formula is C10H10BrClO3. The molecule has 0 heterocycles. The highest BCUT2D eigenvalue weighted by atomic mass is 79.9. The van der Waals surface area contributed by atoms with E-state index in [9.17, 15) is 4.79 Å². The van der Waals surface area contributed by atoms with Gasteiger partial charge in [-0.2, -0.15) is 0 Å². The Morgan fingerprint density at radius 3 is 2.67 bits per heavy atom. The van der Waals surface area contributed by atoms with Crippen molar-refractivity contribution in [3.05, 3.63) is 28.8 Å². The van der Waals surface area contributed by atoms with Gasteiger partial charge in [0.25, 0.3) is 0 Å². The van der Waals surface area contributed by atoms with Crippen molar-refractivity contribution in [3.8, 4) is 5.75 Å². The third kappa shape index (κ3) is 2.86. The normalized spacial score (nSPS) is 12.0. The van der Waals surface area contributed by atoms with Crippen molar-refractivity contribution in [1.82, 2.24) is 0 Å². The Labute approximate surface area is 101 Å². The lowest BCUT2D eigenvalue weighted by Crippen LogP contribution is -2.09. The molecule has 5 heteroatoms. The van der Waals surface area contributed by atoms with E-state index in [2.05, 4.69) is 20.7 Å². The summed E-state index contributed by atoms with van der Waals surface area (Å²) in [5.74, 6) is 0.197. The van der Waals surface area contributed by atoms with Gasteiger partial charge in [0.05, 0.1) is 14.2 Å². The number of methoxy groups -OCH3 is 2. The number of hydrogen-bond donors (Lipinski definition) is 0. The van der Waals surface area contributed by atoms with Crippen LogP contribution in [0.4, 0.5) is 0 Å². The number of halogens is 2. The van der Waals surface area contributed by atoms with Crippen molar-refractivity contribution in [3.63, 3.8) is 0 Å². The summed E-state index contributed by atoms with van der Waals surface area (Å²) in [6.07, 6.45) is 0. The second-order valence-electron chi connectivity index (χ2n) is 2.77. The van der Waals surface area contributed by atoms with Crippen molar-refractivity contribution in [2.24, 2.45) is 0 Å². The van der Waals surface area contributed by atoms with Crippen molar-refractivity contribution >= 4 is 33.5 Å². The molecule has 1 atom stereocenters. The first kappa shape index (κ1) is 12.3. The highest BCUT2D eigenvalue weighted by molar-refractivity contribution is 9.09. The number of benzene rings is 1. The average Bonchev–Trinajstić information content (AvgIpc) is 2.27. The molecule has 0 aliphatic rings. The van der Waals surface area contributed by atoms with Crippen LogP contribution in [-0.4, -0.2) is 20.2 Å². The van der Waals surface area contributed by atoms with Crippen LogP contribution in [0.2, 0.25) is 5.02 Å². The molecule has 15 heavy (non-hydrogen) atoms. The summed E-state index contributed by atoms with van der Waals surface area (Å²) >= 11 is 9.06. The standard InChI is InChI=1S/C10H10BrClO3/c1-14-8-4-3-6(12)5-7(8)9(11)10(13)15-2/h3-5,9H,1-2H3. The third-order valence-electron chi connectivity index (χ3n) is 1.87. The molecule has 0 N–H and O–H groups in total. The number of carbonyl (C=O) groups excluding carboxylic acids is 1. The van der Waals surface area contributed by atoms with Gasteiger partial charge in [0.1, 0.15) is 10.6 Å². The molecule has 1 aromatic carbocycles. The number of alkyl halides is 1. The molecule has 0 bridgehead atoms. The van der Waals surface area contributed by atoms with E-state index in [0.29, 0.717) is 16.3 Å². The van der Waals surface area contributed by atoms with Crippen molar-refractivity contribution in [1.29, 1.82) is 0 Å². The fourth-order valence-corrected chi connectivity index (χ4v) is 1.86. The maximum atomic E-state index is 11.3. The van der Waals surface area contributed by atoms with Crippen molar-refractivity contribution in [2.45, 2.75) is 4.83 Å². The van der Waals surface area contributed by atoms with Gasteiger partial charge in [0.2, 0.25) is 0 Å². The summed E-state index contributed by atoms with van der Waals surface area (Å²) in [5, 5.41) is 0.541. The Hall–Kier alpha value is -0.740. The van der Waals surface area contributed by atoms with Crippen LogP contribution in [0.15, 0.2) is 18.2 Å². The largest absolute Gasteiger partial charge is 0.496 e. The Bertz CT molecular complexity index is 368. The summed E-state index contributed by atoms with van der Waals surface area (Å²) in [5.41, 5.74) is 0.650. The molecule has 0 saturated heterocycles. The summed E-state index contributed by atoms with van der Waals surface area (Å²) in [6, 6.07) is 5.06. The molecule has 0 amide bonds. The lowest BCUT2D eigenvalue weighted by molar-refractivity contribution is -0.139. The van der Waals surface area contributed by atoms with E-state index in [1.54, 1.807) is 18.2 Å². The molecule has 0 fully saturated rings. The molecule has 1 unspecified atom stereocenters. The monoisotopic (exact) mass is 292 g/mol.